The maximum absolute atomic E-state index is 11.6. The Bertz CT molecular complexity index is 563. The molecule has 0 amide bonds. The summed E-state index contributed by atoms with van der Waals surface area (Å²) in [6.07, 6.45) is 2.30. The van der Waals surface area contributed by atoms with Crippen molar-refractivity contribution in [2.75, 3.05) is 19.5 Å². The molecule has 6 nitrogen and oxygen atoms in total. The van der Waals surface area contributed by atoms with Crippen LogP contribution in [0, 0.1) is 0 Å². The summed E-state index contributed by atoms with van der Waals surface area (Å²) in [6.45, 7) is 0.404. The quantitative estimate of drug-likeness (QED) is 0.803. The van der Waals surface area contributed by atoms with Gasteiger partial charge in [0.1, 0.15) is 18.1 Å². The molecule has 2 aromatic rings. The van der Waals surface area contributed by atoms with Gasteiger partial charge < -0.3 is 15.2 Å². The fraction of sp³-hybridized carbons (Fsp3) is 0.286. The van der Waals surface area contributed by atoms with E-state index in [1.54, 1.807) is 19.4 Å². The van der Waals surface area contributed by atoms with E-state index in [1.165, 1.54) is 4.68 Å². The van der Waals surface area contributed by atoms with Gasteiger partial charge in [-0.3, -0.25) is 9.48 Å². The molecular weight excluding hydrogens is 258 g/mol. The lowest BCUT2D eigenvalue weighted by Crippen LogP contribution is -2.15. The lowest BCUT2D eigenvalue weighted by Gasteiger charge is -2.06. The summed E-state index contributed by atoms with van der Waals surface area (Å²) in [5, 5.41) is 3.92. The first-order valence-corrected chi connectivity index (χ1v) is 6.25. The number of esters is 1. The SMILES string of the molecule is COc1ccc(CCOC(=O)Cn2ccc(N)n2)cc1. The Morgan fingerprint density at radius 3 is 2.65 bits per heavy atom. The number of nitrogens with zero attached hydrogens (tertiary/aromatic N) is 2. The van der Waals surface area contributed by atoms with Crippen LogP contribution in [0.5, 0.6) is 5.75 Å². The van der Waals surface area contributed by atoms with Crippen molar-refractivity contribution in [1.82, 2.24) is 9.78 Å². The highest BCUT2D eigenvalue weighted by Gasteiger charge is 2.05. The van der Waals surface area contributed by atoms with Crippen molar-refractivity contribution < 1.29 is 14.3 Å². The second-order valence-electron chi connectivity index (χ2n) is 4.26. The first-order chi connectivity index (χ1) is 9.67. The Morgan fingerprint density at radius 1 is 1.30 bits per heavy atom. The third kappa shape index (κ3) is 4.01. The van der Waals surface area contributed by atoms with E-state index in [9.17, 15) is 4.79 Å². The molecule has 6 heteroatoms. The standard InChI is InChI=1S/C14H17N3O3/c1-19-12-4-2-11(3-5-12)7-9-20-14(18)10-17-8-6-13(15)16-17/h2-6,8H,7,9-10H2,1H3,(H2,15,16). The smallest absolute Gasteiger partial charge is 0.327 e. The van der Waals surface area contributed by atoms with Gasteiger partial charge in [0.2, 0.25) is 0 Å². The number of anilines is 1. The Morgan fingerprint density at radius 2 is 2.05 bits per heavy atom. The van der Waals surface area contributed by atoms with E-state index < -0.39 is 0 Å². The Hall–Kier alpha value is -2.50. The summed E-state index contributed by atoms with van der Waals surface area (Å²) in [7, 11) is 1.62. The topological polar surface area (TPSA) is 79.4 Å². The molecule has 1 aromatic heterocycles. The first-order valence-electron chi connectivity index (χ1n) is 6.25. The van der Waals surface area contributed by atoms with Crippen LogP contribution >= 0.6 is 0 Å². The zero-order chi connectivity index (χ0) is 14.4. The lowest BCUT2D eigenvalue weighted by molar-refractivity contribution is -0.144. The first kappa shape index (κ1) is 13.9. The Balaban J connectivity index is 1.73. The van der Waals surface area contributed by atoms with Gasteiger partial charge in [0.25, 0.3) is 0 Å². The van der Waals surface area contributed by atoms with Crippen LogP contribution in [-0.2, 0) is 22.5 Å². The van der Waals surface area contributed by atoms with Crippen molar-refractivity contribution in [2.45, 2.75) is 13.0 Å². The number of benzene rings is 1. The van der Waals surface area contributed by atoms with Crippen LogP contribution in [-0.4, -0.2) is 29.5 Å². The van der Waals surface area contributed by atoms with Gasteiger partial charge in [-0.2, -0.15) is 5.10 Å². The molecular formula is C14H17N3O3. The summed E-state index contributed by atoms with van der Waals surface area (Å²) in [5.74, 6) is 0.861. The van der Waals surface area contributed by atoms with Crippen LogP contribution in [0.25, 0.3) is 0 Å². The van der Waals surface area contributed by atoms with Gasteiger partial charge in [0.05, 0.1) is 13.7 Å². The van der Waals surface area contributed by atoms with Crippen molar-refractivity contribution in [2.24, 2.45) is 0 Å². The number of rotatable bonds is 6. The van der Waals surface area contributed by atoms with E-state index >= 15 is 0 Å². The lowest BCUT2D eigenvalue weighted by atomic mass is 10.1. The molecule has 0 radical (unpaired) electrons. The molecule has 0 spiro atoms. The van der Waals surface area contributed by atoms with Gasteiger partial charge in [-0.25, -0.2) is 0 Å². The molecule has 0 bridgehead atoms. The van der Waals surface area contributed by atoms with Crippen LogP contribution < -0.4 is 10.5 Å². The predicted molar refractivity (Wildman–Crippen MR) is 74.3 cm³/mol. The molecule has 0 saturated heterocycles. The Labute approximate surface area is 117 Å². The second kappa shape index (κ2) is 6.60. The van der Waals surface area contributed by atoms with Gasteiger partial charge in [-0.15, -0.1) is 0 Å². The minimum absolute atomic E-state index is 0.0693. The fourth-order valence-corrected chi connectivity index (χ4v) is 1.72. The highest BCUT2D eigenvalue weighted by atomic mass is 16.5. The van der Waals surface area contributed by atoms with Crippen LogP contribution in [0.2, 0.25) is 0 Å². The number of hydrogen-bond acceptors (Lipinski definition) is 5. The van der Waals surface area contributed by atoms with Gasteiger partial charge in [0.15, 0.2) is 0 Å². The van der Waals surface area contributed by atoms with Crippen molar-refractivity contribution >= 4 is 11.8 Å². The summed E-state index contributed by atoms with van der Waals surface area (Å²) < 4.78 is 11.7. The van der Waals surface area contributed by atoms with Gasteiger partial charge in [-0.1, -0.05) is 12.1 Å². The van der Waals surface area contributed by atoms with Crippen LogP contribution in [0.3, 0.4) is 0 Å². The number of ether oxygens (including phenoxy) is 2. The highest BCUT2D eigenvalue weighted by Crippen LogP contribution is 2.11. The average Bonchev–Trinajstić information content (AvgIpc) is 2.85. The van der Waals surface area contributed by atoms with E-state index in [2.05, 4.69) is 5.10 Å². The van der Waals surface area contributed by atoms with Crippen molar-refractivity contribution in [1.29, 1.82) is 0 Å². The number of nitrogens with two attached hydrogens (primary N) is 1. The number of carbonyl (C=O) groups excluding carboxylic acids is 1. The monoisotopic (exact) mass is 275 g/mol. The summed E-state index contributed by atoms with van der Waals surface area (Å²) in [5.41, 5.74) is 6.54. The van der Waals surface area contributed by atoms with Crippen LogP contribution in [0.4, 0.5) is 5.82 Å². The molecule has 1 aromatic carbocycles. The van der Waals surface area contributed by atoms with E-state index in [4.69, 9.17) is 15.2 Å². The predicted octanol–water partition coefficient (Wildman–Crippen LogP) is 1.26. The van der Waals surface area contributed by atoms with Crippen molar-refractivity contribution in [3.8, 4) is 5.75 Å². The van der Waals surface area contributed by atoms with Crippen LogP contribution in [0.15, 0.2) is 36.5 Å². The molecule has 0 fully saturated rings. The van der Waals surface area contributed by atoms with Gasteiger partial charge in [0, 0.05) is 12.6 Å². The molecule has 0 aliphatic carbocycles. The zero-order valence-corrected chi connectivity index (χ0v) is 11.3. The number of hydrogen-bond donors (Lipinski definition) is 1. The maximum Gasteiger partial charge on any atom is 0.327 e. The molecule has 0 aliphatic heterocycles. The van der Waals surface area contributed by atoms with E-state index in [1.807, 2.05) is 24.3 Å². The maximum atomic E-state index is 11.6. The minimum Gasteiger partial charge on any atom is -0.497 e. The number of nitrogen functional groups attached to an aromatic ring is 1. The number of aromatic nitrogens is 2. The van der Waals surface area contributed by atoms with E-state index in [0.29, 0.717) is 18.8 Å². The Kier molecular flexibility index (Phi) is 4.60. The molecule has 0 aliphatic rings. The minimum atomic E-state index is -0.332. The van der Waals surface area contributed by atoms with Gasteiger partial charge in [-0.05, 0) is 23.8 Å². The third-order valence-electron chi connectivity index (χ3n) is 2.77. The molecule has 0 atom stereocenters. The van der Waals surface area contributed by atoms with E-state index in [-0.39, 0.29) is 12.5 Å². The average molecular weight is 275 g/mol. The summed E-state index contributed by atoms with van der Waals surface area (Å²) in [6, 6.07) is 9.28. The third-order valence-corrected chi connectivity index (χ3v) is 2.77. The summed E-state index contributed by atoms with van der Waals surface area (Å²) in [4.78, 5) is 11.6. The molecule has 106 valence electrons. The van der Waals surface area contributed by atoms with Crippen molar-refractivity contribution in [3.63, 3.8) is 0 Å². The summed E-state index contributed by atoms with van der Waals surface area (Å²) >= 11 is 0. The largest absolute Gasteiger partial charge is 0.497 e. The molecule has 2 rings (SSSR count). The van der Waals surface area contributed by atoms with Crippen LogP contribution in [0.1, 0.15) is 5.56 Å². The number of carbonyl (C=O) groups is 1. The second-order valence-corrected chi connectivity index (χ2v) is 4.26. The number of methoxy groups -OCH3 is 1. The van der Waals surface area contributed by atoms with E-state index in [0.717, 1.165) is 11.3 Å². The fourth-order valence-electron chi connectivity index (χ4n) is 1.72. The normalized spacial score (nSPS) is 10.2. The molecule has 0 saturated carbocycles. The molecule has 2 N–H and O–H groups in total. The zero-order valence-electron chi connectivity index (χ0n) is 11.3. The van der Waals surface area contributed by atoms with Gasteiger partial charge >= 0.3 is 5.97 Å². The molecule has 0 unspecified atom stereocenters. The highest BCUT2D eigenvalue weighted by molar-refractivity contribution is 5.69. The molecule has 1 heterocycles. The van der Waals surface area contributed by atoms with Crippen molar-refractivity contribution in [3.05, 3.63) is 42.1 Å². The molecule has 20 heavy (non-hydrogen) atoms.